The fourth-order valence-electron chi connectivity index (χ4n) is 1.84. The monoisotopic (exact) mass is 278 g/mol. The van der Waals surface area contributed by atoms with Gasteiger partial charge in [-0.2, -0.15) is 0 Å². The normalized spacial score (nSPS) is 11.8. The molecule has 0 aliphatic heterocycles. The molecule has 1 N–H and O–H groups in total. The van der Waals surface area contributed by atoms with Crippen LogP contribution in [0.25, 0.3) is 0 Å². The molecule has 4 nitrogen and oxygen atoms in total. The molecule has 0 saturated carbocycles. The molecule has 1 unspecified atom stereocenters. The molecule has 0 saturated heterocycles. The lowest BCUT2D eigenvalue weighted by Crippen LogP contribution is -2.13. The van der Waals surface area contributed by atoms with Gasteiger partial charge in [0.15, 0.2) is 0 Å². The number of hydrogen-bond donors (Lipinski definition) is 1. The first kappa shape index (κ1) is 16.2. The van der Waals surface area contributed by atoms with Crippen molar-refractivity contribution in [3.63, 3.8) is 0 Å². The van der Waals surface area contributed by atoms with Crippen LogP contribution in [0.3, 0.4) is 0 Å². The summed E-state index contributed by atoms with van der Waals surface area (Å²) in [6.07, 6.45) is 2.69. The lowest BCUT2D eigenvalue weighted by atomic mass is 10.1. The second-order valence-electron chi connectivity index (χ2n) is 5.06. The minimum atomic E-state index is -0.814. The van der Waals surface area contributed by atoms with Gasteiger partial charge in [-0.05, 0) is 30.7 Å². The number of carbonyl (C=O) groups is 2. The maximum absolute atomic E-state index is 11.5. The zero-order chi connectivity index (χ0) is 14.8. The summed E-state index contributed by atoms with van der Waals surface area (Å²) in [6, 6.07) is 10.0. The van der Waals surface area contributed by atoms with Crippen molar-refractivity contribution in [2.75, 3.05) is 6.61 Å². The molecule has 4 heteroatoms. The molecule has 0 aliphatic rings. The molecule has 0 bridgehead atoms. The zero-order valence-corrected chi connectivity index (χ0v) is 11.9. The number of ether oxygens (including phenoxy) is 1. The highest BCUT2D eigenvalue weighted by Gasteiger charge is 2.09. The smallest absolute Gasteiger partial charge is 0.305 e. The van der Waals surface area contributed by atoms with E-state index in [-0.39, 0.29) is 18.3 Å². The minimum Gasteiger partial charge on any atom is -0.481 e. The number of carbonyl (C=O) groups excluding carboxylic acids is 1. The highest BCUT2D eigenvalue weighted by molar-refractivity contribution is 5.69. The van der Waals surface area contributed by atoms with Crippen LogP contribution >= 0.6 is 0 Å². The van der Waals surface area contributed by atoms with Crippen molar-refractivity contribution in [3.8, 4) is 0 Å². The van der Waals surface area contributed by atoms with Crippen LogP contribution in [-0.2, 0) is 20.7 Å². The lowest BCUT2D eigenvalue weighted by molar-refractivity contribution is -0.145. The Kier molecular flexibility index (Phi) is 7.40. The van der Waals surface area contributed by atoms with Crippen molar-refractivity contribution >= 4 is 11.9 Å². The van der Waals surface area contributed by atoms with Crippen molar-refractivity contribution in [2.45, 2.75) is 39.0 Å². The molecular weight excluding hydrogens is 256 g/mol. The molecule has 0 heterocycles. The number of aryl methyl sites for hydroxylation is 1. The molecule has 0 radical (unpaired) electrons. The fourth-order valence-corrected chi connectivity index (χ4v) is 1.84. The highest BCUT2D eigenvalue weighted by atomic mass is 16.5. The Bertz CT molecular complexity index is 414. The van der Waals surface area contributed by atoms with E-state index >= 15 is 0 Å². The number of aliphatic carboxylic acids is 1. The Morgan fingerprint density at radius 2 is 1.90 bits per heavy atom. The number of carboxylic acid groups (broad SMARTS) is 1. The van der Waals surface area contributed by atoms with Gasteiger partial charge in [-0.3, -0.25) is 9.59 Å². The summed E-state index contributed by atoms with van der Waals surface area (Å²) in [4.78, 5) is 21.9. The molecule has 0 fully saturated rings. The third-order valence-corrected chi connectivity index (χ3v) is 3.07. The molecule has 1 aromatic rings. The van der Waals surface area contributed by atoms with Gasteiger partial charge in [-0.15, -0.1) is 0 Å². The fraction of sp³-hybridized carbons (Fsp3) is 0.500. The van der Waals surface area contributed by atoms with Crippen molar-refractivity contribution in [3.05, 3.63) is 35.9 Å². The highest BCUT2D eigenvalue weighted by Crippen LogP contribution is 2.08. The largest absolute Gasteiger partial charge is 0.481 e. The molecule has 20 heavy (non-hydrogen) atoms. The van der Waals surface area contributed by atoms with Crippen molar-refractivity contribution in [1.82, 2.24) is 0 Å². The molecule has 1 rings (SSSR count). The number of rotatable bonds is 9. The summed E-state index contributed by atoms with van der Waals surface area (Å²) in [6.45, 7) is 2.19. The van der Waals surface area contributed by atoms with E-state index in [2.05, 4.69) is 0 Å². The standard InChI is InChI=1S/C16H22O4/c1-13(10-11-15(17)18)12-20-16(19)9-5-8-14-6-3-2-4-7-14/h2-4,6-7,13H,5,8-12H2,1H3,(H,17,18). The Morgan fingerprint density at radius 3 is 2.55 bits per heavy atom. The summed E-state index contributed by atoms with van der Waals surface area (Å²) in [5.74, 6) is -0.932. The predicted molar refractivity (Wildman–Crippen MR) is 76.4 cm³/mol. The van der Waals surface area contributed by atoms with Crippen LogP contribution in [0, 0.1) is 5.92 Å². The minimum absolute atomic E-state index is 0.0872. The maximum Gasteiger partial charge on any atom is 0.305 e. The van der Waals surface area contributed by atoms with Gasteiger partial charge in [0.1, 0.15) is 0 Å². The Labute approximate surface area is 119 Å². The Hall–Kier alpha value is -1.84. The summed E-state index contributed by atoms with van der Waals surface area (Å²) < 4.78 is 5.14. The van der Waals surface area contributed by atoms with Gasteiger partial charge < -0.3 is 9.84 Å². The van der Waals surface area contributed by atoms with E-state index < -0.39 is 5.97 Å². The van der Waals surface area contributed by atoms with Gasteiger partial charge in [-0.1, -0.05) is 37.3 Å². The van der Waals surface area contributed by atoms with Gasteiger partial charge in [-0.25, -0.2) is 0 Å². The van der Waals surface area contributed by atoms with Crippen LogP contribution in [0.1, 0.15) is 38.2 Å². The van der Waals surface area contributed by atoms with Crippen LogP contribution < -0.4 is 0 Å². The number of benzene rings is 1. The second kappa shape index (κ2) is 9.13. The van der Waals surface area contributed by atoms with E-state index in [1.807, 2.05) is 37.3 Å². The van der Waals surface area contributed by atoms with E-state index in [9.17, 15) is 9.59 Å². The third-order valence-electron chi connectivity index (χ3n) is 3.07. The SMILES string of the molecule is CC(CCC(=O)O)COC(=O)CCCc1ccccc1. The molecule has 1 atom stereocenters. The van der Waals surface area contributed by atoms with Gasteiger partial charge in [0, 0.05) is 12.8 Å². The van der Waals surface area contributed by atoms with E-state index in [0.717, 1.165) is 12.8 Å². The average molecular weight is 278 g/mol. The van der Waals surface area contributed by atoms with E-state index in [1.165, 1.54) is 5.56 Å². The van der Waals surface area contributed by atoms with Crippen LogP contribution in [-0.4, -0.2) is 23.7 Å². The first-order valence-corrected chi connectivity index (χ1v) is 6.99. The molecular formula is C16H22O4. The average Bonchev–Trinajstić information content (AvgIpc) is 2.44. The summed E-state index contributed by atoms with van der Waals surface area (Å²) in [5, 5.41) is 8.56. The van der Waals surface area contributed by atoms with Gasteiger partial charge in [0.2, 0.25) is 0 Å². The van der Waals surface area contributed by atoms with Crippen molar-refractivity contribution in [2.24, 2.45) is 5.92 Å². The van der Waals surface area contributed by atoms with Crippen molar-refractivity contribution < 1.29 is 19.4 Å². The molecule has 1 aromatic carbocycles. The van der Waals surface area contributed by atoms with Gasteiger partial charge >= 0.3 is 11.9 Å². The maximum atomic E-state index is 11.5. The van der Waals surface area contributed by atoms with Crippen LogP contribution in [0.4, 0.5) is 0 Å². The van der Waals surface area contributed by atoms with E-state index in [4.69, 9.17) is 9.84 Å². The zero-order valence-electron chi connectivity index (χ0n) is 11.9. The third kappa shape index (κ3) is 7.56. The number of carboxylic acids is 1. The Morgan fingerprint density at radius 1 is 1.20 bits per heavy atom. The quantitative estimate of drug-likeness (QED) is 0.705. The summed E-state index contributed by atoms with van der Waals surface area (Å²) in [7, 11) is 0. The van der Waals surface area contributed by atoms with Crippen LogP contribution in [0.15, 0.2) is 30.3 Å². The van der Waals surface area contributed by atoms with E-state index in [0.29, 0.717) is 19.4 Å². The topological polar surface area (TPSA) is 63.6 Å². The molecule has 0 aliphatic carbocycles. The lowest BCUT2D eigenvalue weighted by Gasteiger charge is -2.10. The molecule has 0 aromatic heterocycles. The predicted octanol–water partition coefficient (Wildman–Crippen LogP) is 3.05. The molecule has 0 spiro atoms. The second-order valence-corrected chi connectivity index (χ2v) is 5.06. The van der Waals surface area contributed by atoms with Gasteiger partial charge in [0.25, 0.3) is 0 Å². The van der Waals surface area contributed by atoms with Crippen molar-refractivity contribution in [1.29, 1.82) is 0 Å². The van der Waals surface area contributed by atoms with Crippen LogP contribution in [0.5, 0.6) is 0 Å². The summed E-state index contributed by atoms with van der Waals surface area (Å²) in [5.41, 5.74) is 1.22. The summed E-state index contributed by atoms with van der Waals surface area (Å²) >= 11 is 0. The van der Waals surface area contributed by atoms with Gasteiger partial charge in [0.05, 0.1) is 6.61 Å². The first-order valence-electron chi connectivity index (χ1n) is 6.99. The molecule has 110 valence electrons. The Balaban J connectivity index is 2.10. The number of hydrogen-bond acceptors (Lipinski definition) is 3. The van der Waals surface area contributed by atoms with E-state index in [1.54, 1.807) is 0 Å². The molecule has 0 amide bonds. The van der Waals surface area contributed by atoms with Crippen LogP contribution in [0.2, 0.25) is 0 Å². The first-order chi connectivity index (χ1) is 9.58. The number of esters is 1.